The van der Waals surface area contributed by atoms with Gasteiger partial charge >= 0.3 is 0 Å². The molecule has 0 aliphatic rings. The standard InChI is InChI=1S/C24H30N2.C2H4O2/c1-3-4-5-6-7-14-19-26-20(2)25-23(21-15-10-8-11-16-21)24(26)22-17-12-9-13-18-22;1-2(3)4/h8-13,15-18H,3-7,14,19H2,1-2H3;1H3,(H,3,4). The molecule has 30 heavy (non-hydrogen) atoms. The van der Waals surface area contributed by atoms with E-state index < -0.39 is 5.97 Å². The van der Waals surface area contributed by atoms with E-state index in [1.807, 2.05) is 0 Å². The lowest BCUT2D eigenvalue weighted by Crippen LogP contribution is -2.03. The zero-order valence-corrected chi connectivity index (χ0v) is 18.5. The molecule has 1 aromatic heterocycles. The number of rotatable bonds is 9. The van der Waals surface area contributed by atoms with Gasteiger partial charge in [0, 0.05) is 24.6 Å². The topological polar surface area (TPSA) is 55.1 Å². The van der Waals surface area contributed by atoms with Crippen LogP contribution in [0.15, 0.2) is 60.7 Å². The van der Waals surface area contributed by atoms with Gasteiger partial charge in [-0.15, -0.1) is 0 Å². The van der Waals surface area contributed by atoms with Gasteiger partial charge in [-0.1, -0.05) is 99.7 Å². The van der Waals surface area contributed by atoms with Crippen molar-refractivity contribution in [3.8, 4) is 22.5 Å². The Bertz CT molecular complexity index is 882. The number of carbonyl (C=O) groups is 1. The molecule has 2 aromatic carbocycles. The molecule has 3 rings (SSSR count). The van der Waals surface area contributed by atoms with Gasteiger partial charge in [-0.2, -0.15) is 0 Å². The molecule has 1 N–H and O–H groups in total. The average Bonchev–Trinajstić information content (AvgIpc) is 3.08. The molecule has 0 aliphatic heterocycles. The third-order valence-corrected chi connectivity index (χ3v) is 4.99. The van der Waals surface area contributed by atoms with Gasteiger partial charge in [-0.05, 0) is 13.3 Å². The first-order valence-electron chi connectivity index (χ1n) is 10.9. The lowest BCUT2D eigenvalue weighted by Gasteiger charge is -2.12. The summed E-state index contributed by atoms with van der Waals surface area (Å²) in [6.07, 6.45) is 7.88. The smallest absolute Gasteiger partial charge is 0.300 e. The Morgan fingerprint density at radius 3 is 1.93 bits per heavy atom. The Morgan fingerprint density at radius 1 is 0.867 bits per heavy atom. The van der Waals surface area contributed by atoms with Gasteiger partial charge in [-0.25, -0.2) is 4.98 Å². The molecule has 1 heterocycles. The van der Waals surface area contributed by atoms with Gasteiger partial charge in [0.25, 0.3) is 5.97 Å². The second kappa shape index (κ2) is 12.6. The molecule has 3 aromatic rings. The first kappa shape index (κ1) is 23.4. The molecule has 0 amide bonds. The van der Waals surface area contributed by atoms with Crippen molar-refractivity contribution in [1.82, 2.24) is 9.55 Å². The quantitative estimate of drug-likeness (QED) is 0.390. The second-order valence-electron chi connectivity index (χ2n) is 7.53. The SMILES string of the molecule is CC(=O)O.CCCCCCCCn1c(C)nc(-c2ccccc2)c1-c1ccccc1. The van der Waals surface area contributed by atoms with E-state index in [9.17, 15) is 0 Å². The van der Waals surface area contributed by atoms with Gasteiger partial charge < -0.3 is 9.67 Å². The van der Waals surface area contributed by atoms with E-state index >= 15 is 0 Å². The maximum atomic E-state index is 9.00. The number of aryl methyl sites for hydroxylation is 1. The summed E-state index contributed by atoms with van der Waals surface area (Å²) in [5, 5.41) is 7.42. The van der Waals surface area contributed by atoms with Crippen LogP contribution in [0.1, 0.15) is 58.2 Å². The minimum Gasteiger partial charge on any atom is -0.481 e. The van der Waals surface area contributed by atoms with Gasteiger partial charge in [0.2, 0.25) is 0 Å². The molecule has 0 unspecified atom stereocenters. The van der Waals surface area contributed by atoms with Crippen LogP contribution in [0.4, 0.5) is 0 Å². The van der Waals surface area contributed by atoms with Crippen molar-refractivity contribution < 1.29 is 9.90 Å². The number of hydrogen-bond donors (Lipinski definition) is 1. The molecular weight excluding hydrogens is 372 g/mol. The molecule has 160 valence electrons. The van der Waals surface area contributed by atoms with Gasteiger partial charge in [-0.3, -0.25) is 4.79 Å². The fourth-order valence-corrected chi connectivity index (χ4v) is 3.57. The Balaban J connectivity index is 0.000000735. The van der Waals surface area contributed by atoms with Crippen LogP contribution < -0.4 is 0 Å². The fraction of sp³-hybridized carbons (Fsp3) is 0.385. The van der Waals surface area contributed by atoms with Crippen molar-refractivity contribution >= 4 is 5.97 Å². The average molecular weight is 407 g/mol. The molecule has 0 bridgehead atoms. The van der Waals surface area contributed by atoms with Crippen LogP contribution in [0.5, 0.6) is 0 Å². The van der Waals surface area contributed by atoms with Crippen molar-refractivity contribution in [2.75, 3.05) is 0 Å². The number of carboxylic acids is 1. The van der Waals surface area contributed by atoms with E-state index in [-0.39, 0.29) is 0 Å². The van der Waals surface area contributed by atoms with Crippen LogP contribution in [-0.4, -0.2) is 20.6 Å². The Kier molecular flexibility index (Phi) is 9.85. The lowest BCUT2D eigenvalue weighted by molar-refractivity contribution is -0.134. The lowest BCUT2D eigenvalue weighted by atomic mass is 10.0. The number of carboxylic acid groups (broad SMARTS) is 1. The minimum absolute atomic E-state index is 0.833. The molecule has 4 heteroatoms. The summed E-state index contributed by atoms with van der Waals surface area (Å²) in [5.41, 5.74) is 4.79. The highest BCUT2D eigenvalue weighted by atomic mass is 16.4. The monoisotopic (exact) mass is 406 g/mol. The first-order chi connectivity index (χ1) is 14.5. The maximum absolute atomic E-state index is 9.00. The van der Waals surface area contributed by atoms with Crippen LogP contribution >= 0.6 is 0 Å². The fourth-order valence-electron chi connectivity index (χ4n) is 3.57. The molecular formula is C26H34N2O2. The van der Waals surface area contributed by atoms with Crippen LogP contribution in [0.25, 0.3) is 22.5 Å². The normalized spacial score (nSPS) is 10.4. The van der Waals surface area contributed by atoms with Crippen LogP contribution in [0, 0.1) is 6.92 Å². The molecule has 0 spiro atoms. The number of hydrogen-bond acceptors (Lipinski definition) is 2. The Hall–Kier alpha value is -2.88. The van der Waals surface area contributed by atoms with Crippen LogP contribution in [0.2, 0.25) is 0 Å². The summed E-state index contributed by atoms with van der Waals surface area (Å²) in [7, 11) is 0. The molecule has 0 radical (unpaired) electrons. The molecule has 4 nitrogen and oxygen atoms in total. The summed E-state index contributed by atoms with van der Waals surface area (Å²) in [6, 6.07) is 21.2. The number of nitrogens with zero attached hydrogens (tertiary/aromatic N) is 2. The largest absolute Gasteiger partial charge is 0.481 e. The van der Waals surface area contributed by atoms with E-state index in [4.69, 9.17) is 14.9 Å². The molecule has 0 saturated heterocycles. The van der Waals surface area contributed by atoms with E-state index in [2.05, 4.69) is 79.1 Å². The zero-order chi connectivity index (χ0) is 21.8. The number of imidazole rings is 1. The Labute approximate surface area is 180 Å². The maximum Gasteiger partial charge on any atom is 0.300 e. The summed E-state index contributed by atoms with van der Waals surface area (Å²) >= 11 is 0. The highest BCUT2D eigenvalue weighted by molar-refractivity contribution is 5.79. The number of unbranched alkanes of at least 4 members (excludes halogenated alkanes) is 5. The number of aliphatic carboxylic acids is 1. The Morgan fingerprint density at radius 2 is 1.37 bits per heavy atom. The zero-order valence-electron chi connectivity index (χ0n) is 18.5. The van der Waals surface area contributed by atoms with Crippen molar-refractivity contribution in [3.63, 3.8) is 0 Å². The highest BCUT2D eigenvalue weighted by Gasteiger charge is 2.17. The molecule has 0 aliphatic carbocycles. The van der Waals surface area contributed by atoms with E-state index in [1.54, 1.807) is 0 Å². The second-order valence-corrected chi connectivity index (χ2v) is 7.53. The van der Waals surface area contributed by atoms with Gasteiger partial charge in [0.1, 0.15) is 5.82 Å². The minimum atomic E-state index is -0.833. The molecule has 0 saturated carbocycles. The predicted octanol–water partition coefficient (Wildman–Crippen LogP) is 6.98. The highest BCUT2D eigenvalue weighted by Crippen LogP contribution is 2.33. The third-order valence-electron chi connectivity index (χ3n) is 4.99. The van der Waals surface area contributed by atoms with Crippen molar-refractivity contribution in [2.24, 2.45) is 0 Å². The van der Waals surface area contributed by atoms with Crippen molar-refractivity contribution in [1.29, 1.82) is 0 Å². The van der Waals surface area contributed by atoms with E-state index in [1.165, 1.54) is 55.3 Å². The van der Waals surface area contributed by atoms with Gasteiger partial charge in [0.15, 0.2) is 0 Å². The van der Waals surface area contributed by atoms with E-state index in [0.29, 0.717) is 0 Å². The molecule has 0 atom stereocenters. The van der Waals surface area contributed by atoms with Crippen LogP contribution in [-0.2, 0) is 11.3 Å². The first-order valence-corrected chi connectivity index (χ1v) is 10.9. The van der Waals surface area contributed by atoms with Crippen molar-refractivity contribution in [3.05, 3.63) is 66.5 Å². The summed E-state index contributed by atoms with van der Waals surface area (Å²) < 4.78 is 2.41. The predicted molar refractivity (Wildman–Crippen MR) is 125 cm³/mol. The summed E-state index contributed by atoms with van der Waals surface area (Å²) in [6.45, 7) is 6.53. The third kappa shape index (κ3) is 7.18. The van der Waals surface area contributed by atoms with Crippen LogP contribution in [0.3, 0.4) is 0 Å². The number of aromatic nitrogens is 2. The van der Waals surface area contributed by atoms with Crippen molar-refractivity contribution in [2.45, 2.75) is 65.8 Å². The molecule has 0 fully saturated rings. The van der Waals surface area contributed by atoms with E-state index in [0.717, 1.165) is 25.0 Å². The number of benzene rings is 2. The van der Waals surface area contributed by atoms with Gasteiger partial charge in [0.05, 0.1) is 11.4 Å². The summed E-state index contributed by atoms with van der Waals surface area (Å²) in [5.74, 6) is 0.274. The summed E-state index contributed by atoms with van der Waals surface area (Å²) in [4.78, 5) is 13.9.